The second kappa shape index (κ2) is 6.46. The molecule has 0 saturated carbocycles. The maximum Gasteiger partial charge on any atom is 0.170 e. The summed E-state index contributed by atoms with van der Waals surface area (Å²) in [5, 5.41) is 0. The molecule has 152 valence electrons. The number of aliphatic imine (C=N–C) groups is 2. The van der Waals surface area contributed by atoms with Crippen LogP contribution in [0.25, 0.3) is 35.2 Å². The monoisotopic (exact) mass is 418 g/mol. The first-order chi connectivity index (χ1) is 15.8. The number of fused-ring (bicyclic) bond motifs is 14. The van der Waals surface area contributed by atoms with Crippen molar-refractivity contribution < 1.29 is 17.7 Å². The zero-order valence-electron chi connectivity index (χ0n) is 16.6. The highest BCUT2D eigenvalue weighted by molar-refractivity contribution is 6.10. The number of hydrogen-bond donors (Lipinski definition) is 0. The molecule has 0 radical (unpaired) electrons. The molecule has 0 unspecified atom stereocenters. The molecule has 0 aliphatic carbocycles. The highest BCUT2D eigenvalue weighted by Crippen LogP contribution is 2.30. The predicted octanol–water partition coefficient (Wildman–Crippen LogP) is 6.51. The first-order valence-corrected chi connectivity index (χ1v) is 10.1. The molecular formula is C26H14N2O4. The predicted molar refractivity (Wildman–Crippen MR) is 120 cm³/mol. The summed E-state index contributed by atoms with van der Waals surface area (Å²) in [4.78, 5) is 9.29. The van der Waals surface area contributed by atoms with Gasteiger partial charge in [0.15, 0.2) is 34.6 Å². The average molecular weight is 418 g/mol. The third-order valence-corrected chi connectivity index (χ3v) is 5.36. The van der Waals surface area contributed by atoms with Crippen LogP contribution in [-0.2, 0) is 0 Å². The lowest BCUT2D eigenvalue weighted by atomic mass is 10.3. The van der Waals surface area contributed by atoms with Crippen molar-refractivity contribution in [2.75, 3.05) is 0 Å². The highest BCUT2D eigenvalue weighted by atomic mass is 16.4. The fourth-order valence-corrected chi connectivity index (χ4v) is 3.82. The van der Waals surface area contributed by atoms with Crippen LogP contribution in [0.5, 0.6) is 0 Å². The summed E-state index contributed by atoms with van der Waals surface area (Å²) in [5.41, 5.74) is 3.03. The van der Waals surface area contributed by atoms with Crippen LogP contribution in [0.3, 0.4) is 0 Å². The number of hydrogen-bond acceptors (Lipinski definition) is 6. The van der Waals surface area contributed by atoms with E-state index in [1.54, 1.807) is 0 Å². The fourth-order valence-electron chi connectivity index (χ4n) is 3.82. The molecule has 6 heteroatoms. The Morgan fingerprint density at radius 1 is 0.406 bits per heavy atom. The largest absolute Gasteiger partial charge is 0.453 e. The van der Waals surface area contributed by atoms with E-state index in [9.17, 15) is 0 Å². The fraction of sp³-hybridized carbons (Fsp3) is 0. The Balaban J connectivity index is 1.38. The van der Waals surface area contributed by atoms with Gasteiger partial charge in [0, 0.05) is 12.2 Å². The Labute approximate surface area is 181 Å². The van der Waals surface area contributed by atoms with Crippen LogP contribution in [-0.4, -0.2) is 11.4 Å². The maximum atomic E-state index is 6.00. The van der Waals surface area contributed by atoms with E-state index in [-0.39, 0.29) is 0 Å². The summed E-state index contributed by atoms with van der Waals surface area (Å²) in [5.74, 6) is 5.26. The van der Waals surface area contributed by atoms with Crippen molar-refractivity contribution >= 4 is 23.6 Å². The first-order valence-electron chi connectivity index (χ1n) is 10.1. The van der Waals surface area contributed by atoms with Gasteiger partial charge in [-0.15, -0.1) is 0 Å². The SMILES string of the molecule is C1=CC2=NC1=Cc1ccc(o1)-c1ccc(o1)C1=NC(=Cc3ccc(o3)-c3ccc2o3)C=C1. The van der Waals surface area contributed by atoms with Crippen molar-refractivity contribution in [3.05, 3.63) is 107 Å². The lowest BCUT2D eigenvalue weighted by Gasteiger charge is -1.95. The Bertz CT molecular complexity index is 1450. The molecule has 0 N–H and O–H groups in total. The van der Waals surface area contributed by atoms with Gasteiger partial charge in [-0.05, 0) is 72.8 Å². The molecule has 4 aromatic heterocycles. The van der Waals surface area contributed by atoms with Gasteiger partial charge in [0.1, 0.15) is 22.9 Å². The number of allylic oxidation sites excluding steroid dienone is 4. The molecule has 12 bridgehead atoms. The van der Waals surface area contributed by atoms with Gasteiger partial charge in [-0.1, -0.05) is 0 Å². The van der Waals surface area contributed by atoms with Crippen LogP contribution in [0.1, 0.15) is 23.0 Å². The minimum Gasteiger partial charge on any atom is -0.453 e. The van der Waals surface area contributed by atoms with Crippen molar-refractivity contribution in [3.8, 4) is 23.0 Å². The van der Waals surface area contributed by atoms with Crippen LogP contribution < -0.4 is 0 Å². The lowest BCUT2D eigenvalue weighted by molar-refractivity contribution is 0.515. The summed E-state index contributed by atoms with van der Waals surface area (Å²) in [6.07, 6.45) is 11.4. The molecular weight excluding hydrogens is 404 g/mol. The van der Waals surface area contributed by atoms with E-state index in [1.165, 1.54) is 0 Å². The van der Waals surface area contributed by atoms with E-state index in [4.69, 9.17) is 17.7 Å². The summed E-state index contributed by atoms with van der Waals surface area (Å²) in [6, 6.07) is 15.1. The zero-order valence-corrected chi connectivity index (χ0v) is 16.6. The zero-order chi connectivity index (χ0) is 21.1. The molecule has 0 amide bonds. The lowest BCUT2D eigenvalue weighted by Crippen LogP contribution is -1.89. The maximum absolute atomic E-state index is 6.00. The molecule has 0 spiro atoms. The minimum absolute atomic E-state index is 0.637. The third kappa shape index (κ3) is 2.81. The van der Waals surface area contributed by atoms with E-state index in [0.29, 0.717) is 46.1 Å². The Hall–Kier alpha value is -4.58. The van der Waals surface area contributed by atoms with Crippen LogP contribution in [0, 0.1) is 0 Å². The average Bonchev–Trinajstić information content (AvgIpc) is 3.62. The summed E-state index contributed by atoms with van der Waals surface area (Å²) < 4.78 is 23.9. The molecule has 3 aliphatic rings. The van der Waals surface area contributed by atoms with Crippen LogP contribution >= 0.6 is 0 Å². The summed E-state index contributed by atoms with van der Waals surface area (Å²) in [6.45, 7) is 0. The molecule has 3 aliphatic heterocycles. The highest BCUT2D eigenvalue weighted by Gasteiger charge is 2.17. The molecule has 0 atom stereocenters. The summed E-state index contributed by atoms with van der Waals surface area (Å²) >= 11 is 0. The molecule has 4 aromatic rings. The van der Waals surface area contributed by atoms with E-state index in [1.807, 2.05) is 85.0 Å². The van der Waals surface area contributed by atoms with Crippen LogP contribution in [0.15, 0.2) is 112 Å². The topological polar surface area (TPSA) is 77.3 Å². The van der Waals surface area contributed by atoms with Gasteiger partial charge < -0.3 is 17.7 Å². The first kappa shape index (κ1) is 17.1. The van der Waals surface area contributed by atoms with Crippen molar-refractivity contribution in [2.45, 2.75) is 0 Å². The third-order valence-electron chi connectivity index (χ3n) is 5.36. The summed E-state index contributed by atoms with van der Waals surface area (Å²) in [7, 11) is 0. The van der Waals surface area contributed by atoms with Gasteiger partial charge in [-0.25, -0.2) is 9.98 Å². The quantitative estimate of drug-likeness (QED) is 0.326. The molecule has 6 nitrogen and oxygen atoms in total. The minimum atomic E-state index is 0.637. The number of nitrogens with zero attached hydrogens (tertiary/aromatic N) is 2. The van der Waals surface area contributed by atoms with Gasteiger partial charge in [0.05, 0.1) is 11.4 Å². The van der Waals surface area contributed by atoms with E-state index >= 15 is 0 Å². The Morgan fingerprint density at radius 2 is 0.812 bits per heavy atom. The van der Waals surface area contributed by atoms with Gasteiger partial charge in [-0.3, -0.25) is 0 Å². The second-order valence-electron chi connectivity index (χ2n) is 7.53. The molecule has 0 aromatic carbocycles. The van der Waals surface area contributed by atoms with E-state index < -0.39 is 0 Å². The van der Waals surface area contributed by atoms with Gasteiger partial charge in [0.25, 0.3) is 0 Å². The van der Waals surface area contributed by atoms with Crippen molar-refractivity contribution in [1.82, 2.24) is 0 Å². The normalized spacial score (nSPS) is 16.0. The van der Waals surface area contributed by atoms with Crippen molar-refractivity contribution in [3.63, 3.8) is 0 Å². The van der Waals surface area contributed by atoms with Gasteiger partial charge in [-0.2, -0.15) is 0 Å². The van der Waals surface area contributed by atoms with Gasteiger partial charge >= 0.3 is 0 Å². The standard InChI is InChI=1S/C26H14N2O4/c1-5-19-21-9-11-25(31-21)24-8-4-18(30-24)14-16-2-6-20(28-16)22-10-12-26(32-22)23-7-3-17(29-23)13-15(1)27-19/h1-14H. The molecule has 7 rings (SSSR count). The molecule has 32 heavy (non-hydrogen) atoms. The smallest absolute Gasteiger partial charge is 0.170 e. The second-order valence-corrected chi connectivity index (χ2v) is 7.53. The van der Waals surface area contributed by atoms with Crippen molar-refractivity contribution in [2.24, 2.45) is 9.98 Å². The Kier molecular flexibility index (Phi) is 3.46. The van der Waals surface area contributed by atoms with Gasteiger partial charge in [0.2, 0.25) is 0 Å². The molecule has 0 saturated heterocycles. The van der Waals surface area contributed by atoms with Crippen molar-refractivity contribution in [1.29, 1.82) is 0 Å². The molecule has 0 fully saturated rings. The van der Waals surface area contributed by atoms with E-state index in [2.05, 4.69) is 9.98 Å². The number of furan rings is 4. The van der Waals surface area contributed by atoms with E-state index in [0.717, 1.165) is 22.8 Å². The Morgan fingerprint density at radius 3 is 1.31 bits per heavy atom. The molecule has 7 heterocycles. The van der Waals surface area contributed by atoms with Crippen LogP contribution in [0.2, 0.25) is 0 Å². The number of rotatable bonds is 0. The van der Waals surface area contributed by atoms with Crippen LogP contribution in [0.4, 0.5) is 0 Å².